The molecule has 152 valence electrons. The Hall–Kier alpha value is -3.75. The number of carbonyl (C=O) groups excluding carboxylic acids is 2. The molecule has 9 heteroatoms. The largest absolute Gasteiger partial charge is 0.497 e. The quantitative estimate of drug-likeness (QED) is 0.604. The number of carbonyl (C=O) groups is 2. The van der Waals surface area contributed by atoms with Gasteiger partial charge >= 0.3 is 0 Å². The minimum Gasteiger partial charge on any atom is -0.497 e. The molecule has 2 heterocycles. The van der Waals surface area contributed by atoms with Crippen LogP contribution in [0.4, 0.5) is 5.69 Å². The summed E-state index contributed by atoms with van der Waals surface area (Å²) in [5.41, 5.74) is 0.442. The van der Waals surface area contributed by atoms with Crippen molar-refractivity contribution >= 4 is 17.5 Å². The number of hydrogen-bond acceptors (Lipinski definition) is 6. The van der Waals surface area contributed by atoms with Crippen molar-refractivity contribution < 1.29 is 23.5 Å². The third-order valence-corrected chi connectivity index (χ3v) is 4.08. The molecule has 2 N–H and O–H groups in total. The van der Waals surface area contributed by atoms with Gasteiger partial charge in [-0.15, -0.1) is 0 Å². The van der Waals surface area contributed by atoms with Gasteiger partial charge in [0.2, 0.25) is 0 Å². The summed E-state index contributed by atoms with van der Waals surface area (Å²) < 4.78 is 17.9. The molecule has 0 aliphatic carbocycles. The zero-order valence-electron chi connectivity index (χ0n) is 16.4. The Morgan fingerprint density at radius 1 is 1.17 bits per heavy atom. The number of ether oxygens (including phenoxy) is 2. The minimum absolute atomic E-state index is 0.0985. The number of benzene rings is 1. The third kappa shape index (κ3) is 4.75. The molecule has 0 spiro atoms. The molecule has 0 saturated carbocycles. The lowest BCUT2D eigenvalue weighted by Gasteiger charge is -2.06. The van der Waals surface area contributed by atoms with E-state index in [9.17, 15) is 9.59 Å². The fourth-order valence-electron chi connectivity index (χ4n) is 2.57. The normalized spacial score (nSPS) is 10.4. The molecule has 3 aromatic rings. The number of aromatic nitrogens is 2. The Bertz CT molecular complexity index is 1010. The number of rotatable bonds is 8. The van der Waals surface area contributed by atoms with Gasteiger partial charge in [-0.2, -0.15) is 5.10 Å². The Morgan fingerprint density at radius 3 is 2.69 bits per heavy atom. The van der Waals surface area contributed by atoms with Crippen LogP contribution in [0.5, 0.6) is 11.5 Å². The first-order valence-electron chi connectivity index (χ1n) is 9.00. The van der Waals surface area contributed by atoms with Crippen molar-refractivity contribution in [1.82, 2.24) is 15.1 Å². The molecular weight excluding hydrogens is 376 g/mol. The van der Waals surface area contributed by atoms with Crippen molar-refractivity contribution in [2.24, 2.45) is 0 Å². The van der Waals surface area contributed by atoms with Crippen molar-refractivity contribution in [2.75, 3.05) is 19.5 Å². The zero-order valence-corrected chi connectivity index (χ0v) is 16.4. The molecule has 0 aliphatic rings. The fraction of sp³-hybridized carbons (Fsp3) is 0.250. The second-order valence-electron chi connectivity index (χ2n) is 6.01. The van der Waals surface area contributed by atoms with Gasteiger partial charge in [-0.25, -0.2) is 0 Å². The summed E-state index contributed by atoms with van der Waals surface area (Å²) in [5, 5.41) is 9.32. The molecule has 0 fully saturated rings. The van der Waals surface area contributed by atoms with Crippen LogP contribution in [0.1, 0.15) is 33.7 Å². The van der Waals surface area contributed by atoms with Crippen molar-refractivity contribution in [1.29, 1.82) is 0 Å². The van der Waals surface area contributed by atoms with Crippen LogP contribution in [-0.2, 0) is 13.2 Å². The smallest absolute Gasteiger partial charge is 0.291 e. The van der Waals surface area contributed by atoms with Gasteiger partial charge in [-0.05, 0) is 31.2 Å². The van der Waals surface area contributed by atoms with Gasteiger partial charge in [0.05, 0.1) is 12.8 Å². The van der Waals surface area contributed by atoms with Crippen molar-refractivity contribution in [3.05, 3.63) is 59.8 Å². The molecular formula is C20H22N4O5. The monoisotopic (exact) mass is 398 g/mol. The Balaban J connectivity index is 1.66. The van der Waals surface area contributed by atoms with Crippen LogP contribution < -0.4 is 20.1 Å². The number of hydrogen-bond donors (Lipinski definition) is 2. The second-order valence-corrected chi connectivity index (χ2v) is 6.01. The first-order chi connectivity index (χ1) is 14.0. The summed E-state index contributed by atoms with van der Waals surface area (Å²) in [7, 11) is 3.08. The number of aryl methyl sites for hydroxylation is 1. The number of methoxy groups -OCH3 is 1. The van der Waals surface area contributed by atoms with Gasteiger partial charge < -0.3 is 24.5 Å². The second kappa shape index (κ2) is 8.96. The number of anilines is 1. The molecule has 3 rings (SSSR count). The van der Waals surface area contributed by atoms with Gasteiger partial charge in [0.1, 0.15) is 23.9 Å². The van der Waals surface area contributed by atoms with E-state index in [4.69, 9.17) is 13.9 Å². The summed E-state index contributed by atoms with van der Waals surface area (Å²) >= 11 is 0. The fourth-order valence-corrected chi connectivity index (χ4v) is 2.57. The highest BCUT2D eigenvalue weighted by molar-refractivity contribution is 6.06. The SMILES string of the molecule is CCn1cc(NC(=O)c2ccc(COc3cccc(OC)c3)o2)c(C(=O)NC)n1. The minimum atomic E-state index is -0.488. The predicted octanol–water partition coefficient (Wildman–Crippen LogP) is 2.70. The maximum Gasteiger partial charge on any atom is 0.291 e. The lowest BCUT2D eigenvalue weighted by molar-refractivity contribution is 0.0958. The van der Waals surface area contributed by atoms with Crippen LogP contribution in [0, 0.1) is 0 Å². The molecule has 2 amide bonds. The molecule has 0 aliphatic heterocycles. The van der Waals surface area contributed by atoms with Crippen molar-refractivity contribution in [3.8, 4) is 11.5 Å². The Morgan fingerprint density at radius 2 is 1.97 bits per heavy atom. The standard InChI is InChI=1S/C20H22N4O5/c1-4-24-11-16(18(23-24)20(26)21-2)22-19(25)17-9-8-15(29-17)12-28-14-7-5-6-13(10-14)27-3/h5-11H,4,12H2,1-3H3,(H,21,26)(H,22,25). The van der Waals surface area contributed by atoms with E-state index in [1.807, 2.05) is 19.1 Å². The first kappa shape index (κ1) is 20.0. The summed E-state index contributed by atoms with van der Waals surface area (Å²) in [6.45, 7) is 2.59. The van der Waals surface area contributed by atoms with Crippen LogP contribution in [0.25, 0.3) is 0 Å². The van der Waals surface area contributed by atoms with Crippen molar-refractivity contribution in [3.63, 3.8) is 0 Å². The van der Waals surface area contributed by atoms with E-state index in [-0.39, 0.29) is 24.0 Å². The van der Waals surface area contributed by atoms with Crippen LogP contribution in [0.15, 0.2) is 47.0 Å². The molecule has 0 saturated heterocycles. The molecule has 0 unspecified atom stereocenters. The van der Waals surface area contributed by atoms with E-state index in [0.717, 1.165) is 0 Å². The highest BCUT2D eigenvalue weighted by Gasteiger charge is 2.19. The molecule has 0 atom stereocenters. The maximum atomic E-state index is 12.5. The van der Waals surface area contributed by atoms with E-state index in [1.54, 1.807) is 42.3 Å². The summed E-state index contributed by atoms with van der Waals surface area (Å²) in [6, 6.07) is 10.4. The van der Waals surface area contributed by atoms with Gasteiger partial charge in [0.15, 0.2) is 11.5 Å². The van der Waals surface area contributed by atoms with E-state index >= 15 is 0 Å². The Kier molecular flexibility index (Phi) is 6.18. The number of nitrogens with zero attached hydrogens (tertiary/aromatic N) is 2. The molecule has 2 aromatic heterocycles. The van der Waals surface area contributed by atoms with Gasteiger partial charge in [0, 0.05) is 25.9 Å². The van der Waals surface area contributed by atoms with Crippen LogP contribution in [-0.4, -0.2) is 35.8 Å². The van der Waals surface area contributed by atoms with E-state index in [0.29, 0.717) is 29.5 Å². The summed E-state index contributed by atoms with van der Waals surface area (Å²) in [5.74, 6) is 1.00. The highest BCUT2D eigenvalue weighted by atomic mass is 16.5. The summed E-state index contributed by atoms with van der Waals surface area (Å²) in [4.78, 5) is 24.5. The van der Waals surface area contributed by atoms with Gasteiger partial charge in [0.25, 0.3) is 11.8 Å². The number of nitrogens with one attached hydrogen (secondary N) is 2. The zero-order chi connectivity index (χ0) is 20.8. The third-order valence-electron chi connectivity index (χ3n) is 4.08. The summed E-state index contributed by atoms with van der Waals surface area (Å²) in [6.07, 6.45) is 1.60. The van der Waals surface area contributed by atoms with Crippen LogP contribution in [0.2, 0.25) is 0 Å². The highest BCUT2D eigenvalue weighted by Crippen LogP contribution is 2.21. The Labute approximate surface area is 167 Å². The number of amides is 2. The molecule has 29 heavy (non-hydrogen) atoms. The van der Waals surface area contributed by atoms with Gasteiger partial charge in [-0.3, -0.25) is 14.3 Å². The molecule has 9 nitrogen and oxygen atoms in total. The van der Waals surface area contributed by atoms with E-state index in [2.05, 4.69) is 15.7 Å². The average Bonchev–Trinajstić information content (AvgIpc) is 3.39. The average molecular weight is 398 g/mol. The molecule has 0 bridgehead atoms. The van der Waals surface area contributed by atoms with E-state index < -0.39 is 5.91 Å². The topological polar surface area (TPSA) is 108 Å². The lowest BCUT2D eigenvalue weighted by atomic mass is 10.3. The van der Waals surface area contributed by atoms with E-state index in [1.165, 1.54) is 7.05 Å². The molecule has 0 radical (unpaired) electrons. The van der Waals surface area contributed by atoms with Crippen LogP contribution >= 0.6 is 0 Å². The first-order valence-corrected chi connectivity index (χ1v) is 9.00. The predicted molar refractivity (Wildman–Crippen MR) is 105 cm³/mol. The van der Waals surface area contributed by atoms with Gasteiger partial charge in [-0.1, -0.05) is 6.07 Å². The molecule has 1 aromatic carbocycles. The number of furan rings is 1. The lowest BCUT2D eigenvalue weighted by Crippen LogP contribution is -2.21. The van der Waals surface area contributed by atoms with Crippen LogP contribution in [0.3, 0.4) is 0 Å². The maximum absolute atomic E-state index is 12.5. The van der Waals surface area contributed by atoms with Crippen molar-refractivity contribution in [2.45, 2.75) is 20.1 Å².